The van der Waals surface area contributed by atoms with E-state index >= 15 is 0 Å². The van der Waals surface area contributed by atoms with Crippen molar-refractivity contribution in [2.75, 3.05) is 31.6 Å². The van der Waals surface area contributed by atoms with Gasteiger partial charge in [0.1, 0.15) is 18.1 Å². The molecule has 1 N–H and O–H groups in total. The van der Waals surface area contributed by atoms with Gasteiger partial charge in [0.15, 0.2) is 0 Å². The number of anilines is 2. The Hall–Kier alpha value is -2.80. The van der Waals surface area contributed by atoms with E-state index in [9.17, 15) is 0 Å². The Kier molecular flexibility index (Phi) is 9.66. The SMILES string of the molecule is Cc1c(OCCN2CCCC2)ccc(Nc2csc3ccccc23)c1-c1ccc(O[Si](C(C)C)(C(C)C)C(C)C)cc1. The van der Waals surface area contributed by atoms with E-state index < -0.39 is 8.32 Å². The van der Waals surface area contributed by atoms with Crippen LogP contribution in [0.1, 0.15) is 59.9 Å². The molecule has 1 aromatic heterocycles. The molecule has 0 bridgehead atoms. The smallest absolute Gasteiger partial charge is 0.258 e. The second-order valence-corrected chi connectivity index (χ2v) is 19.0. The predicted molar refractivity (Wildman–Crippen MR) is 185 cm³/mol. The third-order valence-corrected chi connectivity index (χ3v) is 16.1. The zero-order chi connectivity index (χ0) is 29.9. The summed E-state index contributed by atoms with van der Waals surface area (Å²) >= 11 is 1.77. The van der Waals surface area contributed by atoms with Crippen molar-refractivity contribution in [1.82, 2.24) is 4.90 Å². The number of ether oxygens (including phenoxy) is 1. The molecule has 4 aromatic rings. The molecule has 0 atom stereocenters. The molecule has 3 aromatic carbocycles. The maximum atomic E-state index is 6.99. The van der Waals surface area contributed by atoms with E-state index in [1.54, 1.807) is 11.3 Å². The van der Waals surface area contributed by atoms with Gasteiger partial charge in [0.2, 0.25) is 0 Å². The van der Waals surface area contributed by atoms with Crippen LogP contribution in [0.5, 0.6) is 11.5 Å². The molecule has 0 aliphatic carbocycles. The first kappa shape index (κ1) is 30.6. The standard InChI is InChI=1S/C36H48N2O2SSi/c1-25(2)42(26(3)4,27(5)6)40-30-16-14-29(15-17-30)36-28(7)34(39-23-22-38-20-10-11-21-38)19-18-32(36)37-33-24-41-35-13-9-8-12-31(33)35/h8-9,12-19,24-27,37H,10-11,20-23H2,1-7H3. The van der Waals surface area contributed by atoms with Crippen LogP contribution in [0.4, 0.5) is 11.4 Å². The summed E-state index contributed by atoms with van der Waals surface area (Å²) in [5.41, 5.74) is 7.32. The number of thiophene rings is 1. The van der Waals surface area contributed by atoms with E-state index in [1.807, 2.05) is 0 Å². The molecule has 0 unspecified atom stereocenters. The molecule has 224 valence electrons. The van der Waals surface area contributed by atoms with Crippen molar-refractivity contribution in [2.24, 2.45) is 0 Å². The van der Waals surface area contributed by atoms with E-state index in [0.29, 0.717) is 23.2 Å². The fourth-order valence-electron chi connectivity index (χ4n) is 7.08. The van der Waals surface area contributed by atoms with Gasteiger partial charge in [-0.1, -0.05) is 71.9 Å². The van der Waals surface area contributed by atoms with Crippen LogP contribution in [-0.2, 0) is 0 Å². The molecule has 1 saturated heterocycles. The summed E-state index contributed by atoms with van der Waals surface area (Å²) in [6.45, 7) is 20.3. The minimum Gasteiger partial charge on any atom is -0.543 e. The summed E-state index contributed by atoms with van der Waals surface area (Å²) in [6.07, 6.45) is 2.60. The zero-order valence-electron chi connectivity index (χ0n) is 26.5. The Morgan fingerprint density at radius 2 is 1.50 bits per heavy atom. The van der Waals surface area contributed by atoms with Gasteiger partial charge in [-0.15, -0.1) is 11.3 Å². The zero-order valence-corrected chi connectivity index (χ0v) is 28.3. The Morgan fingerprint density at radius 3 is 2.17 bits per heavy atom. The van der Waals surface area contributed by atoms with Crippen molar-refractivity contribution in [3.05, 3.63) is 71.6 Å². The minimum atomic E-state index is -2.03. The van der Waals surface area contributed by atoms with Gasteiger partial charge in [-0.25, -0.2) is 0 Å². The molecule has 1 fully saturated rings. The van der Waals surface area contributed by atoms with Crippen LogP contribution in [0.2, 0.25) is 16.6 Å². The first-order valence-corrected chi connectivity index (χ1v) is 18.7. The normalized spacial score (nSPS) is 14.4. The predicted octanol–water partition coefficient (Wildman–Crippen LogP) is 10.6. The topological polar surface area (TPSA) is 33.7 Å². The lowest BCUT2D eigenvalue weighted by molar-refractivity contribution is 0.237. The van der Waals surface area contributed by atoms with Crippen LogP contribution in [0, 0.1) is 6.92 Å². The molecular formula is C36H48N2O2SSi. The van der Waals surface area contributed by atoms with E-state index in [2.05, 4.69) is 125 Å². The van der Waals surface area contributed by atoms with Gasteiger partial charge in [0.25, 0.3) is 8.32 Å². The van der Waals surface area contributed by atoms with E-state index in [0.717, 1.165) is 40.5 Å². The van der Waals surface area contributed by atoms with Gasteiger partial charge in [-0.2, -0.15) is 0 Å². The summed E-state index contributed by atoms with van der Waals surface area (Å²) in [5.74, 6) is 1.94. The summed E-state index contributed by atoms with van der Waals surface area (Å²) < 4.78 is 14.7. The summed E-state index contributed by atoms with van der Waals surface area (Å²) in [6, 6.07) is 21.7. The van der Waals surface area contributed by atoms with E-state index in [1.165, 1.54) is 41.6 Å². The largest absolute Gasteiger partial charge is 0.543 e. The summed E-state index contributed by atoms with van der Waals surface area (Å²) in [5, 5.41) is 7.25. The maximum Gasteiger partial charge on any atom is 0.258 e. The molecule has 4 nitrogen and oxygen atoms in total. The summed E-state index contributed by atoms with van der Waals surface area (Å²) in [7, 11) is -2.03. The number of nitrogens with one attached hydrogen (secondary N) is 1. The minimum absolute atomic E-state index is 0.532. The second kappa shape index (κ2) is 13.2. The van der Waals surface area contributed by atoms with Crippen LogP contribution in [0.3, 0.4) is 0 Å². The average Bonchev–Trinajstić information content (AvgIpc) is 3.63. The second-order valence-electron chi connectivity index (χ2n) is 12.7. The molecule has 1 aliphatic rings. The number of rotatable bonds is 12. The van der Waals surface area contributed by atoms with Gasteiger partial charge in [0.05, 0.1) is 5.69 Å². The monoisotopic (exact) mass is 600 g/mol. The molecule has 0 saturated carbocycles. The summed E-state index contributed by atoms with van der Waals surface area (Å²) in [4.78, 5) is 2.50. The van der Waals surface area contributed by atoms with Gasteiger partial charge < -0.3 is 14.5 Å². The lowest BCUT2D eigenvalue weighted by Gasteiger charge is -2.42. The van der Waals surface area contributed by atoms with Gasteiger partial charge in [0, 0.05) is 38.8 Å². The molecule has 0 radical (unpaired) electrons. The van der Waals surface area contributed by atoms with Gasteiger partial charge >= 0.3 is 0 Å². The number of nitrogens with zero attached hydrogens (tertiary/aromatic N) is 1. The van der Waals surface area contributed by atoms with Crippen LogP contribution in [0.15, 0.2) is 66.0 Å². The van der Waals surface area contributed by atoms with Gasteiger partial charge in [-0.3, -0.25) is 4.90 Å². The number of hydrogen-bond acceptors (Lipinski definition) is 5. The number of hydrogen-bond donors (Lipinski definition) is 1. The van der Waals surface area contributed by atoms with E-state index in [4.69, 9.17) is 9.16 Å². The molecule has 2 heterocycles. The van der Waals surface area contributed by atoms with Crippen molar-refractivity contribution >= 4 is 41.1 Å². The lowest BCUT2D eigenvalue weighted by atomic mass is 9.97. The molecular weight excluding hydrogens is 553 g/mol. The van der Waals surface area contributed by atoms with Crippen molar-refractivity contribution < 1.29 is 9.16 Å². The highest BCUT2D eigenvalue weighted by atomic mass is 32.1. The van der Waals surface area contributed by atoms with Crippen LogP contribution < -0.4 is 14.5 Å². The number of benzene rings is 3. The van der Waals surface area contributed by atoms with Crippen LogP contribution >= 0.6 is 11.3 Å². The van der Waals surface area contributed by atoms with Crippen molar-refractivity contribution in [2.45, 2.75) is 77.9 Å². The number of fused-ring (bicyclic) bond motifs is 1. The first-order chi connectivity index (χ1) is 20.2. The Labute approximate surface area is 258 Å². The highest BCUT2D eigenvalue weighted by Crippen LogP contribution is 2.44. The Morgan fingerprint density at radius 1 is 0.833 bits per heavy atom. The van der Waals surface area contributed by atoms with Crippen LogP contribution in [0.25, 0.3) is 21.2 Å². The average molecular weight is 601 g/mol. The first-order valence-electron chi connectivity index (χ1n) is 15.7. The molecule has 0 spiro atoms. The molecule has 6 heteroatoms. The molecule has 0 amide bonds. The fraction of sp³-hybridized carbons (Fsp3) is 0.444. The highest BCUT2D eigenvalue weighted by Gasteiger charge is 2.47. The number of likely N-dealkylation sites (tertiary alicyclic amines) is 1. The molecule has 5 rings (SSSR count). The molecule has 42 heavy (non-hydrogen) atoms. The Balaban J connectivity index is 1.48. The van der Waals surface area contributed by atoms with Crippen molar-refractivity contribution in [1.29, 1.82) is 0 Å². The Bertz CT molecular complexity index is 1450. The van der Waals surface area contributed by atoms with E-state index in [-0.39, 0.29) is 0 Å². The van der Waals surface area contributed by atoms with Crippen molar-refractivity contribution in [3.8, 4) is 22.6 Å². The van der Waals surface area contributed by atoms with Crippen molar-refractivity contribution in [3.63, 3.8) is 0 Å². The maximum absolute atomic E-state index is 6.99. The van der Waals surface area contributed by atoms with Gasteiger partial charge in [-0.05, 0) is 85.4 Å². The highest BCUT2D eigenvalue weighted by molar-refractivity contribution is 7.17. The lowest BCUT2D eigenvalue weighted by Crippen LogP contribution is -2.50. The quantitative estimate of drug-likeness (QED) is 0.164. The van der Waals surface area contributed by atoms with Crippen LogP contribution in [-0.4, -0.2) is 39.5 Å². The molecule has 1 aliphatic heterocycles. The third kappa shape index (κ3) is 6.27. The third-order valence-electron chi connectivity index (χ3n) is 9.17. The fourth-order valence-corrected chi connectivity index (χ4v) is 13.2.